The summed E-state index contributed by atoms with van der Waals surface area (Å²) in [5.74, 6) is 1.67. The molecule has 0 aromatic heterocycles. The molecule has 1 rings (SSSR count). The Labute approximate surface area is 139 Å². The Morgan fingerprint density at radius 3 is 2.75 bits per heavy atom. The van der Waals surface area contributed by atoms with Crippen LogP contribution in [0, 0.1) is 5.92 Å². The topological polar surface area (TPSA) is 61.8 Å². The Kier molecular flexibility index (Phi) is 9.45. The molecule has 0 saturated carbocycles. The van der Waals surface area contributed by atoms with Crippen LogP contribution in [0.15, 0.2) is 17.6 Å². The molecule has 0 aromatic rings. The third-order valence-electron chi connectivity index (χ3n) is 3.35. The second-order valence-corrected chi connectivity index (χ2v) is 7.28. The van der Waals surface area contributed by atoms with E-state index in [4.69, 9.17) is 0 Å². The fourth-order valence-corrected chi connectivity index (χ4v) is 4.09. The van der Waals surface area contributed by atoms with Crippen molar-refractivity contribution in [1.29, 1.82) is 0 Å². The van der Waals surface area contributed by atoms with Crippen LogP contribution in [-0.2, 0) is 9.84 Å². The Morgan fingerprint density at radius 2 is 2.25 bits per heavy atom. The Morgan fingerprint density at radius 1 is 1.55 bits per heavy atom. The highest BCUT2D eigenvalue weighted by Crippen LogP contribution is 2.17. The molecular formula is C13H26IN3O2S. The van der Waals surface area contributed by atoms with E-state index in [1.54, 1.807) is 7.05 Å². The number of hydrogen-bond donors (Lipinski definition) is 1. The van der Waals surface area contributed by atoms with E-state index in [0.29, 0.717) is 18.1 Å². The van der Waals surface area contributed by atoms with E-state index in [1.165, 1.54) is 0 Å². The molecule has 1 aliphatic heterocycles. The molecule has 5 nitrogen and oxygen atoms in total. The minimum absolute atomic E-state index is 0. The first-order valence-corrected chi connectivity index (χ1v) is 8.53. The molecule has 1 saturated heterocycles. The van der Waals surface area contributed by atoms with Gasteiger partial charge in [0.1, 0.15) is 0 Å². The Hall–Kier alpha value is -0.310. The van der Waals surface area contributed by atoms with Crippen molar-refractivity contribution >= 4 is 39.8 Å². The van der Waals surface area contributed by atoms with Crippen LogP contribution in [-0.4, -0.2) is 58.0 Å². The summed E-state index contributed by atoms with van der Waals surface area (Å²) in [4.78, 5) is 6.28. The largest absolute Gasteiger partial charge is 0.356 e. The number of rotatable bonds is 6. The van der Waals surface area contributed by atoms with E-state index in [0.717, 1.165) is 31.8 Å². The molecule has 7 heteroatoms. The minimum Gasteiger partial charge on any atom is -0.356 e. The maximum absolute atomic E-state index is 11.4. The maximum Gasteiger partial charge on any atom is 0.193 e. The van der Waals surface area contributed by atoms with Crippen molar-refractivity contribution in [1.82, 2.24) is 10.2 Å². The monoisotopic (exact) mass is 415 g/mol. The number of sulfone groups is 1. The highest BCUT2D eigenvalue weighted by molar-refractivity contribution is 14.0. The molecule has 0 bridgehead atoms. The smallest absolute Gasteiger partial charge is 0.193 e. The number of guanidine groups is 1. The van der Waals surface area contributed by atoms with E-state index in [2.05, 4.69) is 21.8 Å². The highest BCUT2D eigenvalue weighted by atomic mass is 127. The highest BCUT2D eigenvalue weighted by Gasteiger charge is 2.27. The van der Waals surface area contributed by atoms with Gasteiger partial charge in [0.05, 0.1) is 11.5 Å². The SMILES string of the molecule is C=CCCCN(C)C(=NC)NCC1CCS(=O)(=O)C1.I. The molecule has 1 fully saturated rings. The number of unbranched alkanes of at least 4 members (excludes halogenated alkanes) is 1. The van der Waals surface area contributed by atoms with Crippen LogP contribution in [0.4, 0.5) is 0 Å². The van der Waals surface area contributed by atoms with Gasteiger partial charge in [-0.2, -0.15) is 0 Å². The van der Waals surface area contributed by atoms with Gasteiger partial charge in [-0.15, -0.1) is 30.6 Å². The number of nitrogens with zero attached hydrogens (tertiary/aromatic N) is 2. The van der Waals surface area contributed by atoms with Crippen molar-refractivity contribution in [3.05, 3.63) is 12.7 Å². The standard InChI is InChI=1S/C13H25N3O2S.HI/c1-4-5-6-8-16(3)13(14-2)15-10-12-7-9-19(17,18)11-12;/h4,12H,1,5-11H2,2-3H3,(H,14,15);1H. The average molecular weight is 415 g/mol. The van der Waals surface area contributed by atoms with Gasteiger partial charge >= 0.3 is 0 Å². The molecule has 0 aromatic carbocycles. The summed E-state index contributed by atoms with van der Waals surface area (Å²) in [5, 5.41) is 3.26. The van der Waals surface area contributed by atoms with Gasteiger partial charge in [-0.1, -0.05) is 6.08 Å². The summed E-state index contributed by atoms with van der Waals surface area (Å²) in [6.07, 6.45) is 4.70. The molecule has 118 valence electrons. The molecular weight excluding hydrogens is 389 g/mol. The van der Waals surface area contributed by atoms with E-state index in [1.807, 2.05) is 13.1 Å². The molecule has 1 atom stereocenters. The third-order valence-corrected chi connectivity index (χ3v) is 5.19. The van der Waals surface area contributed by atoms with Gasteiger partial charge in [-0.05, 0) is 25.2 Å². The molecule has 1 aliphatic rings. The second kappa shape index (κ2) is 9.59. The minimum atomic E-state index is -2.79. The first-order chi connectivity index (χ1) is 8.98. The normalized spacial score (nSPS) is 21.1. The first kappa shape index (κ1) is 19.7. The summed E-state index contributed by atoms with van der Waals surface area (Å²) >= 11 is 0. The predicted octanol–water partition coefficient (Wildman–Crippen LogP) is 1.51. The van der Waals surface area contributed by atoms with Crippen molar-refractivity contribution in [3.8, 4) is 0 Å². The van der Waals surface area contributed by atoms with Crippen LogP contribution in [0.5, 0.6) is 0 Å². The fraction of sp³-hybridized carbons (Fsp3) is 0.769. The summed E-state index contributed by atoms with van der Waals surface area (Å²) < 4.78 is 22.8. The van der Waals surface area contributed by atoms with Crippen LogP contribution in [0.25, 0.3) is 0 Å². The summed E-state index contributed by atoms with van der Waals surface area (Å²) in [6, 6.07) is 0. The van der Waals surface area contributed by atoms with Gasteiger partial charge in [0.2, 0.25) is 0 Å². The molecule has 1 N–H and O–H groups in total. The lowest BCUT2D eigenvalue weighted by molar-refractivity contribution is 0.459. The molecule has 20 heavy (non-hydrogen) atoms. The number of aliphatic imine (C=N–C) groups is 1. The number of allylic oxidation sites excluding steroid dienone is 1. The van der Waals surface area contributed by atoms with E-state index >= 15 is 0 Å². The Bertz CT molecular complexity index is 423. The fourth-order valence-electron chi connectivity index (χ4n) is 2.23. The first-order valence-electron chi connectivity index (χ1n) is 6.71. The maximum atomic E-state index is 11.4. The van der Waals surface area contributed by atoms with Crippen LogP contribution >= 0.6 is 24.0 Å². The molecule has 0 amide bonds. The number of hydrogen-bond acceptors (Lipinski definition) is 3. The van der Waals surface area contributed by atoms with Crippen LogP contribution in [0.2, 0.25) is 0 Å². The van der Waals surface area contributed by atoms with Gasteiger partial charge in [0, 0.05) is 27.2 Å². The van der Waals surface area contributed by atoms with Gasteiger partial charge < -0.3 is 10.2 Å². The molecule has 0 spiro atoms. The lowest BCUT2D eigenvalue weighted by atomic mass is 10.1. The zero-order valence-electron chi connectivity index (χ0n) is 12.3. The number of nitrogens with one attached hydrogen (secondary N) is 1. The van der Waals surface area contributed by atoms with Gasteiger partial charge in [0.15, 0.2) is 15.8 Å². The van der Waals surface area contributed by atoms with Gasteiger partial charge in [0.25, 0.3) is 0 Å². The van der Waals surface area contributed by atoms with E-state index in [9.17, 15) is 8.42 Å². The zero-order valence-corrected chi connectivity index (χ0v) is 15.5. The zero-order chi connectivity index (χ0) is 14.3. The van der Waals surface area contributed by atoms with Crippen LogP contribution < -0.4 is 5.32 Å². The van der Waals surface area contributed by atoms with Crippen molar-refractivity contribution in [2.24, 2.45) is 10.9 Å². The van der Waals surface area contributed by atoms with Crippen LogP contribution in [0.3, 0.4) is 0 Å². The summed E-state index contributed by atoms with van der Waals surface area (Å²) in [5.41, 5.74) is 0. The predicted molar refractivity (Wildman–Crippen MR) is 95.6 cm³/mol. The van der Waals surface area contributed by atoms with E-state index < -0.39 is 9.84 Å². The molecule has 0 aliphatic carbocycles. The second-order valence-electron chi connectivity index (χ2n) is 5.05. The average Bonchev–Trinajstić information content (AvgIpc) is 2.70. The number of halogens is 1. The summed E-state index contributed by atoms with van der Waals surface area (Å²) in [6.45, 7) is 5.29. The lowest BCUT2D eigenvalue weighted by Gasteiger charge is -2.23. The molecule has 1 unspecified atom stereocenters. The Balaban J connectivity index is 0.00000361. The van der Waals surface area contributed by atoms with Crippen molar-refractivity contribution in [2.75, 3.05) is 38.7 Å². The summed E-state index contributed by atoms with van der Waals surface area (Å²) in [7, 11) is 0.945. The van der Waals surface area contributed by atoms with Gasteiger partial charge in [-0.25, -0.2) is 8.42 Å². The van der Waals surface area contributed by atoms with Crippen LogP contribution in [0.1, 0.15) is 19.3 Å². The van der Waals surface area contributed by atoms with Gasteiger partial charge in [-0.3, -0.25) is 4.99 Å². The molecule has 0 radical (unpaired) electrons. The molecule has 1 heterocycles. The lowest BCUT2D eigenvalue weighted by Crippen LogP contribution is -2.41. The quantitative estimate of drug-likeness (QED) is 0.235. The third kappa shape index (κ3) is 6.92. The van der Waals surface area contributed by atoms with Crippen molar-refractivity contribution in [2.45, 2.75) is 19.3 Å². The van der Waals surface area contributed by atoms with Crippen molar-refractivity contribution < 1.29 is 8.42 Å². The van der Waals surface area contributed by atoms with E-state index in [-0.39, 0.29) is 29.9 Å². The van der Waals surface area contributed by atoms with Crippen molar-refractivity contribution in [3.63, 3.8) is 0 Å².